The largest absolute Gasteiger partial charge is 0.481 e. The molecule has 0 aliphatic heterocycles. The number of aliphatic carboxylic acids is 1. The minimum Gasteiger partial charge on any atom is -0.481 e. The molecule has 0 aromatic carbocycles. The average Bonchev–Trinajstić information content (AvgIpc) is 2.72. The zero-order valence-corrected chi connectivity index (χ0v) is 10.6. The van der Waals surface area contributed by atoms with E-state index >= 15 is 0 Å². The van der Waals surface area contributed by atoms with Crippen LogP contribution < -0.4 is 5.32 Å². The zero-order chi connectivity index (χ0) is 12.7. The van der Waals surface area contributed by atoms with E-state index in [0.29, 0.717) is 16.1 Å². The predicted octanol–water partition coefficient (Wildman–Crippen LogP) is 0.690. The molecule has 9 heteroatoms. The van der Waals surface area contributed by atoms with Gasteiger partial charge in [0.05, 0.1) is 12.4 Å². The summed E-state index contributed by atoms with van der Waals surface area (Å²) >= 11 is 2.28. The van der Waals surface area contributed by atoms with Gasteiger partial charge in [0.25, 0.3) is 0 Å². The van der Waals surface area contributed by atoms with E-state index in [1.54, 1.807) is 6.92 Å². The van der Waals surface area contributed by atoms with Gasteiger partial charge in [-0.3, -0.25) is 9.59 Å². The van der Waals surface area contributed by atoms with Gasteiger partial charge < -0.3 is 15.2 Å². The lowest BCUT2D eigenvalue weighted by Gasteiger charge is -2.00. The van der Waals surface area contributed by atoms with Gasteiger partial charge in [0, 0.05) is 0 Å². The second-order valence-corrected chi connectivity index (χ2v) is 4.91. The molecular formula is C8H11N3O4S2. The summed E-state index contributed by atoms with van der Waals surface area (Å²) in [5.74, 6) is -1.35. The van der Waals surface area contributed by atoms with Crippen LogP contribution >= 0.6 is 23.1 Å². The molecule has 0 spiro atoms. The third kappa shape index (κ3) is 5.50. The van der Waals surface area contributed by atoms with Crippen LogP contribution in [0.2, 0.25) is 0 Å². The molecule has 1 heterocycles. The van der Waals surface area contributed by atoms with Crippen molar-refractivity contribution in [1.82, 2.24) is 10.2 Å². The van der Waals surface area contributed by atoms with E-state index in [9.17, 15) is 9.59 Å². The van der Waals surface area contributed by atoms with E-state index < -0.39 is 5.97 Å². The highest BCUT2D eigenvalue weighted by Gasteiger charge is 2.08. The number of aromatic nitrogens is 2. The van der Waals surface area contributed by atoms with Crippen LogP contribution in [-0.2, 0) is 14.3 Å². The molecule has 1 rings (SSSR count). The Kier molecular flexibility index (Phi) is 5.70. The number of ether oxygens (including phenoxy) is 1. The number of hydrogen-bond donors (Lipinski definition) is 2. The Morgan fingerprint density at radius 3 is 2.94 bits per heavy atom. The molecule has 0 aliphatic rings. The van der Waals surface area contributed by atoms with E-state index in [4.69, 9.17) is 9.84 Å². The lowest BCUT2D eigenvalue weighted by molar-refractivity contribution is -0.141. The van der Waals surface area contributed by atoms with Crippen molar-refractivity contribution >= 4 is 40.2 Å². The van der Waals surface area contributed by atoms with Crippen LogP contribution in [-0.4, -0.2) is 46.1 Å². The second-order valence-electron chi connectivity index (χ2n) is 2.71. The third-order valence-corrected chi connectivity index (χ3v) is 3.41. The van der Waals surface area contributed by atoms with Gasteiger partial charge >= 0.3 is 11.9 Å². The van der Waals surface area contributed by atoms with Crippen LogP contribution in [0.3, 0.4) is 0 Å². The molecule has 1 aromatic heterocycles. The Morgan fingerprint density at radius 1 is 1.53 bits per heavy atom. The van der Waals surface area contributed by atoms with Crippen molar-refractivity contribution in [2.24, 2.45) is 0 Å². The Hall–Kier alpha value is -1.35. The van der Waals surface area contributed by atoms with Gasteiger partial charge in [-0.15, -0.1) is 10.2 Å². The molecule has 0 atom stereocenters. The molecule has 0 bridgehead atoms. The maximum atomic E-state index is 11.0. The quantitative estimate of drug-likeness (QED) is 0.554. The molecule has 0 unspecified atom stereocenters. The molecule has 94 valence electrons. The second kappa shape index (κ2) is 7.07. The van der Waals surface area contributed by atoms with E-state index in [2.05, 4.69) is 15.5 Å². The highest BCUT2D eigenvalue weighted by atomic mass is 32.2. The summed E-state index contributed by atoms with van der Waals surface area (Å²) in [7, 11) is 0. The number of esters is 1. The summed E-state index contributed by atoms with van der Waals surface area (Å²) in [4.78, 5) is 21.4. The first-order valence-electron chi connectivity index (χ1n) is 4.69. The number of carbonyl (C=O) groups is 2. The molecule has 0 saturated carbocycles. The number of carboxylic acids is 1. The van der Waals surface area contributed by atoms with Crippen molar-refractivity contribution in [3.05, 3.63) is 0 Å². The first-order chi connectivity index (χ1) is 8.11. The van der Waals surface area contributed by atoms with Crippen LogP contribution in [0.5, 0.6) is 0 Å². The topological polar surface area (TPSA) is 101 Å². The van der Waals surface area contributed by atoms with Gasteiger partial charge in [0.2, 0.25) is 5.13 Å². The van der Waals surface area contributed by atoms with Crippen molar-refractivity contribution in [3.8, 4) is 0 Å². The molecule has 0 saturated heterocycles. The Bertz CT molecular complexity index is 396. The minimum absolute atomic E-state index is 0.0199. The van der Waals surface area contributed by atoms with Gasteiger partial charge in [-0.25, -0.2) is 0 Å². The van der Waals surface area contributed by atoms with E-state index in [1.807, 2.05) is 0 Å². The number of nitrogens with zero attached hydrogens (tertiary/aromatic N) is 2. The van der Waals surface area contributed by atoms with Gasteiger partial charge in [-0.05, 0) is 6.92 Å². The predicted molar refractivity (Wildman–Crippen MR) is 63.4 cm³/mol. The average molecular weight is 277 g/mol. The number of anilines is 1. The first kappa shape index (κ1) is 13.7. The molecular weight excluding hydrogens is 266 g/mol. The van der Waals surface area contributed by atoms with Gasteiger partial charge in [-0.2, -0.15) is 0 Å². The Labute approximate surface area is 106 Å². The summed E-state index contributed by atoms with van der Waals surface area (Å²) in [5.41, 5.74) is 0. The Morgan fingerprint density at radius 2 is 2.29 bits per heavy atom. The van der Waals surface area contributed by atoms with Crippen molar-refractivity contribution in [2.45, 2.75) is 11.3 Å². The van der Waals surface area contributed by atoms with Gasteiger partial charge in [0.15, 0.2) is 4.34 Å². The van der Waals surface area contributed by atoms with Crippen LogP contribution in [0.15, 0.2) is 4.34 Å². The smallest absolute Gasteiger partial charge is 0.325 e. The fourth-order valence-corrected chi connectivity index (χ4v) is 2.29. The molecule has 0 amide bonds. The molecule has 0 radical (unpaired) electrons. The van der Waals surface area contributed by atoms with Gasteiger partial charge in [-0.1, -0.05) is 23.1 Å². The number of rotatable bonds is 7. The fourth-order valence-electron chi connectivity index (χ4n) is 0.823. The number of carbonyl (C=O) groups excluding carboxylic acids is 1. The SMILES string of the molecule is CCOC(=O)CNc1nnc(SCC(=O)O)s1. The van der Waals surface area contributed by atoms with Crippen molar-refractivity contribution < 1.29 is 19.4 Å². The normalized spacial score (nSPS) is 9.94. The standard InChI is InChI=1S/C8H11N3O4S2/c1-2-15-6(14)3-9-7-10-11-8(17-7)16-4-5(12)13/h2-4H2,1H3,(H,9,10)(H,12,13). The van der Waals surface area contributed by atoms with Crippen LogP contribution in [0.25, 0.3) is 0 Å². The van der Waals surface area contributed by atoms with E-state index in [0.717, 1.165) is 11.8 Å². The minimum atomic E-state index is -0.911. The number of thioether (sulfide) groups is 1. The maximum absolute atomic E-state index is 11.0. The molecule has 0 fully saturated rings. The lowest BCUT2D eigenvalue weighted by atomic mass is 10.6. The first-order valence-corrected chi connectivity index (χ1v) is 6.49. The summed E-state index contributed by atoms with van der Waals surface area (Å²) in [6.45, 7) is 2.08. The van der Waals surface area contributed by atoms with Gasteiger partial charge in [0.1, 0.15) is 6.54 Å². The van der Waals surface area contributed by atoms with Crippen LogP contribution in [0, 0.1) is 0 Å². The number of carboxylic acid groups (broad SMARTS) is 1. The van der Waals surface area contributed by atoms with Crippen LogP contribution in [0.1, 0.15) is 6.92 Å². The Balaban J connectivity index is 2.35. The van der Waals surface area contributed by atoms with E-state index in [-0.39, 0.29) is 18.3 Å². The fraction of sp³-hybridized carbons (Fsp3) is 0.500. The number of nitrogens with one attached hydrogen (secondary N) is 1. The van der Waals surface area contributed by atoms with E-state index in [1.165, 1.54) is 11.3 Å². The highest BCUT2D eigenvalue weighted by molar-refractivity contribution is 8.01. The monoisotopic (exact) mass is 277 g/mol. The molecule has 17 heavy (non-hydrogen) atoms. The lowest BCUT2D eigenvalue weighted by Crippen LogP contribution is -2.16. The summed E-state index contributed by atoms with van der Waals surface area (Å²) in [5, 5.41) is 19.2. The van der Waals surface area contributed by atoms with Crippen molar-refractivity contribution in [1.29, 1.82) is 0 Å². The van der Waals surface area contributed by atoms with Crippen LogP contribution in [0.4, 0.5) is 5.13 Å². The molecule has 7 nitrogen and oxygen atoms in total. The summed E-state index contributed by atoms with van der Waals surface area (Å²) in [6, 6.07) is 0. The molecule has 0 aliphatic carbocycles. The van der Waals surface area contributed by atoms with Crippen molar-refractivity contribution in [2.75, 3.05) is 24.2 Å². The molecule has 1 aromatic rings. The number of hydrogen-bond acceptors (Lipinski definition) is 8. The third-order valence-electron chi connectivity index (χ3n) is 1.41. The molecule has 2 N–H and O–H groups in total. The summed E-state index contributed by atoms with van der Waals surface area (Å²) < 4.78 is 5.26. The zero-order valence-electron chi connectivity index (χ0n) is 9.00. The maximum Gasteiger partial charge on any atom is 0.325 e. The summed E-state index contributed by atoms with van der Waals surface area (Å²) in [6.07, 6.45) is 0. The highest BCUT2D eigenvalue weighted by Crippen LogP contribution is 2.24. The van der Waals surface area contributed by atoms with Crippen molar-refractivity contribution in [3.63, 3.8) is 0 Å².